The Morgan fingerprint density at radius 2 is 2.19 bits per heavy atom. The number of carboxylic acid groups (broad SMARTS) is 1. The fourth-order valence-electron chi connectivity index (χ4n) is 2.62. The number of likely N-dealkylation sites (tertiary alicyclic amines) is 1. The van der Waals surface area contributed by atoms with E-state index in [-0.39, 0.29) is 11.6 Å². The van der Waals surface area contributed by atoms with Gasteiger partial charge in [-0.15, -0.1) is 0 Å². The fourth-order valence-corrected chi connectivity index (χ4v) is 2.62. The van der Waals surface area contributed by atoms with Gasteiger partial charge in [0, 0.05) is 18.3 Å². The van der Waals surface area contributed by atoms with Gasteiger partial charge in [-0.1, -0.05) is 6.07 Å². The second-order valence-electron chi connectivity index (χ2n) is 5.39. The number of benzene rings is 1. The number of likely N-dealkylation sites (N-methyl/N-ethyl adjacent to an activating group) is 1. The average Bonchev–Trinajstić information content (AvgIpc) is 2.84. The van der Waals surface area contributed by atoms with Crippen LogP contribution in [0.15, 0.2) is 18.2 Å². The molecule has 6 heteroatoms. The van der Waals surface area contributed by atoms with Gasteiger partial charge in [0.05, 0.1) is 5.56 Å². The van der Waals surface area contributed by atoms with Crippen molar-refractivity contribution in [2.75, 3.05) is 25.5 Å². The Morgan fingerprint density at radius 3 is 2.81 bits per heavy atom. The fraction of sp³-hybridized carbons (Fsp3) is 0.467. The van der Waals surface area contributed by atoms with Gasteiger partial charge in [-0.25, -0.2) is 9.59 Å². The van der Waals surface area contributed by atoms with Crippen LogP contribution >= 0.6 is 0 Å². The molecule has 114 valence electrons. The second-order valence-corrected chi connectivity index (χ2v) is 5.39. The van der Waals surface area contributed by atoms with E-state index in [2.05, 4.69) is 22.6 Å². The van der Waals surface area contributed by atoms with Crippen LogP contribution in [0, 0.1) is 6.92 Å². The van der Waals surface area contributed by atoms with Crippen LogP contribution in [0.4, 0.5) is 10.5 Å². The molecule has 1 aliphatic rings. The van der Waals surface area contributed by atoms with Crippen LogP contribution < -0.4 is 10.6 Å². The van der Waals surface area contributed by atoms with Gasteiger partial charge in [-0.05, 0) is 51.1 Å². The highest BCUT2D eigenvalue weighted by Gasteiger charge is 2.21. The summed E-state index contributed by atoms with van der Waals surface area (Å²) in [5.41, 5.74) is 1.27. The summed E-state index contributed by atoms with van der Waals surface area (Å²) in [5, 5.41) is 14.6. The molecule has 6 nitrogen and oxygen atoms in total. The number of rotatable bonds is 4. The number of hydrogen-bond donors (Lipinski definition) is 3. The second kappa shape index (κ2) is 6.58. The van der Waals surface area contributed by atoms with Gasteiger partial charge >= 0.3 is 12.0 Å². The number of nitrogens with zero attached hydrogens (tertiary/aromatic N) is 1. The van der Waals surface area contributed by atoms with Gasteiger partial charge in [0.25, 0.3) is 0 Å². The quantitative estimate of drug-likeness (QED) is 0.791. The van der Waals surface area contributed by atoms with Crippen LogP contribution in [0.1, 0.15) is 28.8 Å². The number of amides is 2. The van der Waals surface area contributed by atoms with Crippen LogP contribution in [-0.4, -0.2) is 48.2 Å². The Kier molecular flexibility index (Phi) is 4.80. The first kappa shape index (κ1) is 15.3. The van der Waals surface area contributed by atoms with Crippen LogP contribution in [0.25, 0.3) is 0 Å². The Labute approximate surface area is 124 Å². The van der Waals surface area contributed by atoms with E-state index in [1.54, 1.807) is 19.1 Å². The lowest BCUT2D eigenvalue weighted by Gasteiger charge is -2.20. The van der Waals surface area contributed by atoms with Crippen LogP contribution in [0.2, 0.25) is 0 Å². The molecule has 0 bridgehead atoms. The zero-order valence-electron chi connectivity index (χ0n) is 12.3. The molecule has 0 radical (unpaired) electrons. The average molecular weight is 291 g/mol. The molecule has 0 aliphatic carbocycles. The molecule has 3 N–H and O–H groups in total. The summed E-state index contributed by atoms with van der Waals surface area (Å²) in [6.07, 6.45) is 2.24. The number of nitrogens with one attached hydrogen (secondary N) is 2. The summed E-state index contributed by atoms with van der Waals surface area (Å²) in [7, 11) is 2.05. The molecule has 1 unspecified atom stereocenters. The molecule has 0 saturated carbocycles. The molecule has 0 aromatic heterocycles. The van der Waals surface area contributed by atoms with E-state index >= 15 is 0 Å². The van der Waals surface area contributed by atoms with Crippen molar-refractivity contribution in [3.63, 3.8) is 0 Å². The highest BCUT2D eigenvalue weighted by atomic mass is 16.4. The number of urea groups is 1. The lowest BCUT2D eigenvalue weighted by molar-refractivity contribution is 0.0696. The Hall–Kier alpha value is -2.08. The van der Waals surface area contributed by atoms with Gasteiger partial charge in [-0.2, -0.15) is 0 Å². The van der Waals surface area contributed by atoms with E-state index < -0.39 is 5.97 Å². The zero-order chi connectivity index (χ0) is 15.4. The maximum Gasteiger partial charge on any atom is 0.336 e. The van der Waals surface area contributed by atoms with E-state index in [0.29, 0.717) is 23.8 Å². The molecule has 0 spiro atoms. The maximum atomic E-state index is 11.9. The van der Waals surface area contributed by atoms with Crippen molar-refractivity contribution in [3.8, 4) is 0 Å². The number of carboxylic acids is 1. The van der Waals surface area contributed by atoms with E-state index in [4.69, 9.17) is 5.11 Å². The molecular formula is C15H21N3O3. The Balaban J connectivity index is 1.93. The summed E-state index contributed by atoms with van der Waals surface area (Å²) in [5.74, 6) is -0.996. The molecule has 1 fully saturated rings. The SMILES string of the molecule is Cc1c(NC(=O)NCC2CCCN2C)cccc1C(=O)O. The summed E-state index contributed by atoms with van der Waals surface area (Å²) < 4.78 is 0. The summed E-state index contributed by atoms with van der Waals surface area (Å²) in [6.45, 7) is 3.34. The van der Waals surface area contributed by atoms with Crippen molar-refractivity contribution in [2.24, 2.45) is 0 Å². The molecule has 2 rings (SSSR count). The minimum Gasteiger partial charge on any atom is -0.478 e. The smallest absolute Gasteiger partial charge is 0.336 e. The lowest BCUT2D eigenvalue weighted by Crippen LogP contribution is -2.40. The predicted molar refractivity (Wildman–Crippen MR) is 80.8 cm³/mol. The van der Waals surface area contributed by atoms with E-state index in [0.717, 1.165) is 19.4 Å². The Bertz CT molecular complexity index is 545. The Morgan fingerprint density at radius 1 is 1.43 bits per heavy atom. The van der Waals surface area contributed by atoms with Gasteiger partial charge in [-0.3, -0.25) is 0 Å². The van der Waals surface area contributed by atoms with Crippen LogP contribution in [0.5, 0.6) is 0 Å². The first-order chi connectivity index (χ1) is 9.99. The van der Waals surface area contributed by atoms with Crippen molar-refractivity contribution in [1.29, 1.82) is 0 Å². The highest BCUT2D eigenvalue weighted by Crippen LogP contribution is 2.19. The third-order valence-corrected chi connectivity index (χ3v) is 3.98. The van der Waals surface area contributed by atoms with E-state index in [1.165, 1.54) is 6.07 Å². The molecule has 1 aromatic carbocycles. The number of carbonyl (C=O) groups is 2. The molecule has 21 heavy (non-hydrogen) atoms. The summed E-state index contributed by atoms with van der Waals surface area (Å²) >= 11 is 0. The van der Waals surface area contributed by atoms with E-state index in [9.17, 15) is 9.59 Å². The summed E-state index contributed by atoms with van der Waals surface area (Å²) in [6, 6.07) is 4.91. The minimum absolute atomic E-state index is 0.198. The molecule has 1 atom stereocenters. The molecule has 1 aromatic rings. The molecular weight excluding hydrogens is 270 g/mol. The van der Waals surface area contributed by atoms with Gasteiger partial charge in [0.1, 0.15) is 0 Å². The van der Waals surface area contributed by atoms with Crippen molar-refractivity contribution >= 4 is 17.7 Å². The molecule has 1 aliphatic heterocycles. The zero-order valence-corrected chi connectivity index (χ0v) is 12.3. The number of hydrogen-bond acceptors (Lipinski definition) is 3. The lowest BCUT2D eigenvalue weighted by atomic mass is 10.1. The van der Waals surface area contributed by atoms with Crippen molar-refractivity contribution < 1.29 is 14.7 Å². The first-order valence-electron chi connectivity index (χ1n) is 7.07. The topological polar surface area (TPSA) is 81.7 Å². The van der Waals surface area contributed by atoms with Crippen LogP contribution in [0.3, 0.4) is 0 Å². The van der Waals surface area contributed by atoms with Gasteiger partial charge < -0.3 is 20.6 Å². The van der Waals surface area contributed by atoms with Crippen LogP contribution in [-0.2, 0) is 0 Å². The molecule has 2 amide bonds. The minimum atomic E-state index is -0.996. The van der Waals surface area contributed by atoms with Crippen molar-refractivity contribution in [2.45, 2.75) is 25.8 Å². The third kappa shape index (κ3) is 3.72. The summed E-state index contributed by atoms with van der Waals surface area (Å²) in [4.78, 5) is 25.2. The van der Waals surface area contributed by atoms with Gasteiger partial charge in [0.2, 0.25) is 0 Å². The van der Waals surface area contributed by atoms with E-state index in [1.807, 2.05) is 0 Å². The monoisotopic (exact) mass is 291 g/mol. The van der Waals surface area contributed by atoms with Crippen molar-refractivity contribution in [1.82, 2.24) is 10.2 Å². The first-order valence-corrected chi connectivity index (χ1v) is 7.07. The maximum absolute atomic E-state index is 11.9. The largest absolute Gasteiger partial charge is 0.478 e. The highest BCUT2D eigenvalue weighted by molar-refractivity contribution is 5.95. The number of carbonyl (C=O) groups excluding carboxylic acids is 1. The van der Waals surface area contributed by atoms with Crippen molar-refractivity contribution in [3.05, 3.63) is 29.3 Å². The third-order valence-electron chi connectivity index (χ3n) is 3.98. The molecule has 1 heterocycles. The number of anilines is 1. The normalized spacial score (nSPS) is 18.5. The predicted octanol–water partition coefficient (Wildman–Crippen LogP) is 1.91. The van der Waals surface area contributed by atoms with Gasteiger partial charge in [0.15, 0.2) is 0 Å². The molecule has 1 saturated heterocycles. The number of aromatic carboxylic acids is 1. The standard InChI is InChI=1S/C15H21N3O3/c1-10-12(14(19)20)6-3-7-13(10)17-15(21)16-9-11-5-4-8-18(11)2/h3,6-7,11H,4-5,8-9H2,1-2H3,(H,19,20)(H2,16,17,21).